The summed E-state index contributed by atoms with van der Waals surface area (Å²) in [6.07, 6.45) is 1.80. The van der Waals surface area contributed by atoms with E-state index in [-0.39, 0.29) is 6.04 Å². The van der Waals surface area contributed by atoms with E-state index >= 15 is 0 Å². The number of rotatable bonds is 3. The molecule has 0 bridgehead atoms. The molecule has 0 aliphatic heterocycles. The summed E-state index contributed by atoms with van der Waals surface area (Å²) in [5, 5.41) is 3.25. The Morgan fingerprint density at radius 3 is 2.44 bits per heavy atom. The fourth-order valence-electron chi connectivity index (χ4n) is 1.72. The second-order valence-electron chi connectivity index (χ2n) is 3.64. The van der Waals surface area contributed by atoms with Crippen LogP contribution in [0.25, 0.3) is 0 Å². The summed E-state index contributed by atoms with van der Waals surface area (Å²) >= 11 is 0. The van der Waals surface area contributed by atoms with Gasteiger partial charge in [0.15, 0.2) is 0 Å². The highest BCUT2D eigenvalue weighted by Crippen LogP contribution is 2.20. The largest absolute Gasteiger partial charge is 0.399 e. The summed E-state index contributed by atoms with van der Waals surface area (Å²) < 4.78 is 0. The van der Waals surface area contributed by atoms with Crippen molar-refractivity contribution >= 4 is 5.69 Å². The highest BCUT2D eigenvalue weighted by molar-refractivity contribution is 5.41. The molecule has 3 nitrogen and oxygen atoms in total. The molecule has 0 amide bonds. The lowest BCUT2D eigenvalue weighted by Crippen LogP contribution is -2.18. The Labute approximate surface area is 95.3 Å². The van der Waals surface area contributed by atoms with Gasteiger partial charge in [0.1, 0.15) is 0 Å². The third-order valence-corrected chi connectivity index (χ3v) is 2.54. The van der Waals surface area contributed by atoms with Gasteiger partial charge in [-0.2, -0.15) is 0 Å². The summed E-state index contributed by atoms with van der Waals surface area (Å²) in [5.41, 5.74) is 8.62. The molecule has 3 N–H and O–H groups in total. The minimum Gasteiger partial charge on any atom is -0.399 e. The predicted octanol–water partition coefficient (Wildman–Crippen LogP) is 1.97. The molecular formula is C13H15N3. The molecule has 82 valence electrons. The van der Waals surface area contributed by atoms with Gasteiger partial charge in [0, 0.05) is 11.9 Å². The number of hydrogen-bond acceptors (Lipinski definition) is 3. The number of nitrogens with one attached hydrogen (secondary N) is 1. The van der Waals surface area contributed by atoms with Gasteiger partial charge in [-0.05, 0) is 36.9 Å². The highest BCUT2D eigenvalue weighted by atomic mass is 14.9. The molecule has 0 aliphatic carbocycles. The van der Waals surface area contributed by atoms with Crippen LogP contribution in [0.2, 0.25) is 0 Å². The van der Waals surface area contributed by atoms with Crippen molar-refractivity contribution < 1.29 is 0 Å². The first-order valence-corrected chi connectivity index (χ1v) is 5.25. The molecule has 0 aliphatic rings. The van der Waals surface area contributed by atoms with Crippen LogP contribution in [0.4, 0.5) is 5.69 Å². The number of aromatic nitrogens is 1. The van der Waals surface area contributed by atoms with Crippen LogP contribution in [-0.2, 0) is 0 Å². The molecule has 3 heteroatoms. The number of benzene rings is 1. The Morgan fingerprint density at radius 2 is 1.88 bits per heavy atom. The average Bonchev–Trinajstić information content (AvgIpc) is 2.34. The minimum atomic E-state index is 0.113. The molecule has 1 atom stereocenters. The van der Waals surface area contributed by atoms with Crippen LogP contribution in [0.15, 0.2) is 48.7 Å². The van der Waals surface area contributed by atoms with Gasteiger partial charge in [0.25, 0.3) is 0 Å². The lowest BCUT2D eigenvalue weighted by molar-refractivity contribution is 0.671. The first-order valence-electron chi connectivity index (χ1n) is 5.25. The second-order valence-corrected chi connectivity index (χ2v) is 3.64. The number of nitrogen functional groups attached to an aromatic ring is 1. The Morgan fingerprint density at radius 1 is 1.12 bits per heavy atom. The molecule has 0 saturated heterocycles. The van der Waals surface area contributed by atoms with Crippen LogP contribution in [0.1, 0.15) is 17.3 Å². The summed E-state index contributed by atoms with van der Waals surface area (Å²) in [6.45, 7) is 0. The molecule has 1 aromatic carbocycles. The summed E-state index contributed by atoms with van der Waals surface area (Å²) in [5.74, 6) is 0. The molecule has 0 spiro atoms. The predicted molar refractivity (Wildman–Crippen MR) is 66.0 cm³/mol. The Hall–Kier alpha value is -1.87. The van der Waals surface area contributed by atoms with Crippen LogP contribution in [0, 0.1) is 0 Å². The van der Waals surface area contributed by atoms with E-state index in [9.17, 15) is 0 Å². The van der Waals surface area contributed by atoms with E-state index in [0.717, 1.165) is 16.9 Å². The molecule has 0 fully saturated rings. The zero-order chi connectivity index (χ0) is 11.4. The number of anilines is 1. The molecule has 1 heterocycles. The normalized spacial score (nSPS) is 12.3. The molecule has 2 aromatic rings. The number of nitrogens with two attached hydrogens (primary N) is 1. The Balaban J connectivity index is 2.33. The van der Waals surface area contributed by atoms with E-state index in [1.165, 1.54) is 0 Å². The lowest BCUT2D eigenvalue weighted by Gasteiger charge is -2.16. The van der Waals surface area contributed by atoms with Crippen LogP contribution < -0.4 is 11.1 Å². The molecule has 1 aromatic heterocycles. The van der Waals surface area contributed by atoms with Crippen molar-refractivity contribution in [2.24, 2.45) is 0 Å². The van der Waals surface area contributed by atoms with Crippen molar-refractivity contribution in [2.75, 3.05) is 12.8 Å². The SMILES string of the molecule is CNC(c1ccc(N)cc1)c1ccccn1. The van der Waals surface area contributed by atoms with Gasteiger partial charge in [0.2, 0.25) is 0 Å². The smallest absolute Gasteiger partial charge is 0.0749 e. The summed E-state index contributed by atoms with van der Waals surface area (Å²) in [7, 11) is 1.93. The molecular weight excluding hydrogens is 198 g/mol. The van der Waals surface area contributed by atoms with Gasteiger partial charge in [-0.25, -0.2) is 0 Å². The van der Waals surface area contributed by atoms with Crippen LogP contribution in [-0.4, -0.2) is 12.0 Å². The van der Waals surface area contributed by atoms with Gasteiger partial charge < -0.3 is 11.1 Å². The molecule has 2 rings (SSSR count). The van der Waals surface area contributed by atoms with E-state index in [2.05, 4.69) is 10.3 Å². The topological polar surface area (TPSA) is 50.9 Å². The molecule has 0 saturated carbocycles. The van der Waals surface area contributed by atoms with E-state index in [1.54, 1.807) is 6.20 Å². The maximum absolute atomic E-state index is 5.67. The second kappa shape index (κ2) is 4.77. The summed E-state index contributed by atoms with van der Waals surface area (Å²) in [4.78, 5) is 4.35. The first-order chi connectivity index (χ1) is 7.81. The number of pyridine rings is 1. The van der Waals surface area contributed by atoms with Crippen molar-refractivity contribution in [2.45, 2.75) is 6.04 Å². The first kappa shape index (κ1) is 10.6. The van der Waals surface area contributed by atoms with Gasteiger partial charge >= 0.3 is 0 Å². The lowest BCUT2D eigenvalue weighted by atomic mass is 10.0. The quantitative estimate of drug-likeness (QED) is 0.766. The monoisotopic (exact) mass is 213 g/mol. The Kier molecular flexibility index (Phi) is 3.17. The number of nitrogens with zero attached hydrogens (tertiary/aromatic N) is 1. The zero-order valence-corrected chi connectivity index (χ0v) is 9.22. The van der Waals surface area contributed by atoms with Crippen LogP contribution >= 0.6 is 0 Å². The van der Waals surface area contributed by atoms with Crippen LogP contribution in [0.3, 0.4) is 0 Å². The maximum atomic E-state index is 5.67. The molecule has 0 radical (unpaired) electrons. The van der Waals surface area contributed by atoms with Crippen molar-refractivity contribution in [1.29, 1.82) is 0 Å². The minimum absolute atomic E-state index is 0.113. The van der Waals surface area contributed by atoms with Gasteiger partial charge in [0.05, 0.1) is 11.7 Å². The van der Waals surface area contributed by atoms with Gasteiger partial charge in [-0.1, -0.05) is 18.2 Å². The van der Waals surface area contributed by atoms with E-state index in [0.29, 0.717) is 0 Å². The standard InChI is InChI=1S/C13H15N3/c1-15-13(12-4-2-3-9-16-12)10-5-7-11(14)8-6-10/h2-9,13,15H,14H2,1H3. The van der Waals surface area contributed by atoms with E-state index < -0.39 is 0 Å². The highest BCUT2D eigenvalue weighted by Gasteiger charge is 2.11. The van der Waals surface area contributed by atoms with E-state index in [1.807, 2.05) is 49.5 Å². The third kappa shape index (κ3) is 2.20. The Bertz CT molecular complexity index is 436. The number of hydrogen-bond donors (Lipinski definition) is 2. The van der Waals surface area contributed by atoms with Crippen molar-refractivity contribution in [3.63, 3.8) is 0 Å². The van der Waals surface area contributed by atoms with Crippen molar-refractivity contribution in [3.8, 4) is 0 Å². The van der Waals surface area contributed by atoms with Crippen molar-refractivity contribution in [1.82, 2.24) is 10.3 Å². The summed E-state index contributed by atoms with van der Waals surface area (Å²) in [6, 6.07) is 13.9. The third-order valence-electron chi connectivity index (χ3n) is 2.54. The fraction of sp³-hybridized carbons (Fsp3) is 0.154. The van der Waals surface area contributed by atoms with Gasteiger partial charge in [-0.3, -0.25) is 4.98 Å². The fourth-order valence-corrected chi connectivity index (χ4v) is 1.72. The van der Waals surface area contributed by atoms with Gasteiger partial charge in [-0.15, -0.1) is 0 Å². The van der Waals surface area contributed by atoms with Crippen molar-refractivity contribution in [3.05, 3.63) is 59.9 Å². The zero-order valence-electron chi connectivity index (χ0n) is 9.22. The van der Waals surface area contributed by atoms with Crippen LogP contribution in [0.5, 0.6) is 0 Å². The average molecular weight is 213 g/mol. The molecule has 16 heavy (non-hydrogen) atoms. The van der Waals surface area contributed by atoms with E-state index in [4.69, 9.17) is 5.73 Å². The molecule has 1 unspecified atom stereocenters. The maximum Gasteiger partial charge on any atom is 0.0749 e.